The molecule has 22 heavy (non-hydrogen) atoms. The van der Waals surface area contributed by atoms with Gasteiger partial charge in [0.25, 0.3) is 0 Å². The van der Waals surface area contributed by atoms with Crippen LogP contribution in [-0.4, -0.2) is 20.5 Å². The van der Waals surface area contributed by atoms with Crippen molar-refractivity contribution in [1.82, 2.24) is 9.38 Å². The van der Waals surface area contributed by atoms with Crippen LogP contribution < -0.4 is 4.74 Å². The van der Waals surface area contributed by atoms with Crippen molar-refractivity contribution < 1.29 is 14.6 Å². The van der Waals surface area contributed by atoms with Gasteiger partial charge in [0, 0.05) is 11.7 Å². The molecule has 3 aromatic rings. The van der Waals surface area contributed by atoms with Crippen molar-refractivity contribution in [2.45, 2.75) is 6.42 Å². The second-order valence-electron chi connectivity index (χ2n) is 5.12. The Kier molecular flexibility index (Phi) is 2.72. The smallest absolute Gasteiger partial charge is 0.335 e. The number of ether oxygens (including phenoxy) is 1. The lowest BCUT2D eigenvalue weighted by atomic mass is 10.0. The Morgan fingerprint density at radius 1 is 1.27 bits per heavy atom. The molecule has 0 fully saturated rings. The number of hydrogen-bond acceptors (Lipinski definition) is 3. The topological polar surface area (TPSA) is 63.8 Å². The maximum absolute atomic E-state index is 11.0. The van der Waals surface area contributed by atoms with E-state index in [9.17, 15) is 4.79 Å². The number of benzene rings is 1. The fourth-order valence-corrected chi connectivity index (χ4v) is 2.56. The molecular weight excluding hydrogens is 280 g/mol. The maximum atomic E-state index is 11.0. The molecule has 0 unspecified atom stereocenters. The van der Waals surface area contributed by atoms with Crippen LogP contribution in [0.4, 0.5) is 0 Å². The van der Waals surface area contributed by atoms with Crippen LogP contribution >= 0.6 is 0 Å². The lowest BCUT2D eigenvalue weighted by Gasteiger charge is -2.18. The van der Waals surface area contributed by atoms with E-state index < -0.39 is 5.97 Å². The van der Waals surface area contributed by atoms with Gasteiger partial charge in [-0.25, -0.2) is 9.78 Å². The van der Waals surface area contributed by atoms with Gasteiger partial charge in [-0.15, -0.1) is 0 Å². The highest BCUT2D eigenvalue weighted by Gasteiger charge is 2.17. The van der Waals surface area contributed by atoms with Crippen molar-refractivity contribution in [1.29, 1.82) is 0 Å². The second kappa shape index (κ2) is 4.73. The van der Waals surface area contributed by atoms with Crippen molar-refractivity contribution in [3.05, 3.63) is 71.8 Å². The third-order valence-corrected chi connectivity index (χ3v) is 3.70. The van der Waals surface area contributed by atoms with Crippen molar-refractivity contribution in [3.8, 4) is 5.75 Å². The minimum absolute atomic E-state index is 0.270. The zero-order valence-corrected chi connectivity index (χ0v) is 11.6. The average Bonchev–Trinajstić information content (AvgIpc) is 3.01. The molecular formula is C17H12N2O3. The molecule has 1 aromatic carbocycles. The summed E-state index contributed by atoms with van der Waals surface area (Å²) in [5.74, 6) is 0.441. The maximum Gasteiger partial charge on any atom is 0.335 e. The van der Waals surface area contributed by atoms with Crippen molar-refractivity contribution in [3.63, 3.8) is 0 Å². The molecule has 0 radical (unpaired) electrons. The van der Waals surface area contributed by atoms with E-state index in [1.165, 1.54) is 0 Å². The monoisotopic (exact) mass is 292 g/mol. The summed E-state index contributed by atoms with van der Waals surface area (Å²) in [4.78, 5) is 15.4. The van der Waals surface area contributed by atoms with E-state index in [0.717, 1.165) is 16.8 Å². The minimum Gasteiger partial charge on any atom is -0.478 e. The highest BCUT2D eigenvalue weighted by Crippen LogP contribution is 2.31. The second-order valence-corrected chi connectivity index (χ2v) is 5.12. The summed E-state index contributed by atoms with van der Waals surface area (Å²) in [5, 5.41) is 9.03. The summed E-state index contributed by atoms with van der Waals surface area (Å²) in [5.41, 5.74) is 2.94. The number of aromatic carboxylic acids is 1. The normalized spacial score (nSPS) is 13.4. The highest BCUT2D eigenvalue weighted by molar-refractivity contribution is 5.88. The van der Waals surface area contributed by atoms with Crippen molar-refractivity contribution >= 4 is 17.2 Å². The first-order valence-electron chi connectivity index (χ1n) is 6.88. The number of carbonyl (C=O) groups is 1. The van der Waals surface area contributed by atoms with Crippen molar-refractivity contribution in [2.24, 2.45) is 0 Å². The van der Waals surface area contributed by atoms with Gasteiger partial charge >= 0.3 is 5.97 Å². The third kappa shape index (κ3) is 2.03. The SMILES string of the molecule is O=C(O)c1ccc2c(c1)CC=C(c1cc3cccn3cn1)O2. The van der Waals surface area contributed by atoms with E-state index in [-0.39, 0.29) is 5.56 Å². The van der Waals surface area contributed by atoms with E-state index in [0.29, 0.717) is 17.9 Å². The third-order valence-electron chi connectivity index (χ3n) is 3.70. The van der Waals surface area contributed by atoms with Crippen molar-refractivity contribution in [2.75, 3.05) is 0 Å². The Bertz CT molecular complexity index is 925. The van der Waals surface area contributed by atoms with Gasteiger partial charge in [-0.2, -0.15) is 0 Å². The number of carboxylic acid groups (broad SMARTS) is 1. The molecule has 0 aliphatic carbocycles. The van der Waals surface area contributed by atoms with E-state index in [1.54, 1.807) is 24.5 Å². The molecule has 1 aliphatic heterocycles. The summed E-state index contributed by atoms with van der Waals surface area (Å²) in [7, 11) is 0. The number of carboxylic acids is 1. The number of rotatable bonds is 2. The summed E-state index contributed by atoms with van der Waals surface area (Å²) >= 11 is 0. The molecule has 3 heterocycles. The van der Waals surface area contributed by atoms with Crippen LogP contribution in [0.25, 0.3) is 11.3 Å². The largest absolute Gasteiger partial charge is 0.478 e. The first-order chi connectivity index (χ1) is 10.7. The number of fused-ring (bicyclic) bond motifs is 2. The van der Waals surface area contributed by atoms with Gasteiger partial charge in [0.05, 0.1) is 11.9 Å². The molecule has 0 spiro atoms. The summed E-state index contributed by atoms with van der Waals surface area (Å²) < 4.78 is 7.81. The number of aromatic nitrogens is 2. The Morgan fingerprint density at radius 2 is 2.18 bits per heavy atom. The van der Waals surface area contributed by atoms with Gasteiger partial charge in [0.15, 0.2) is 0 Å². The fourth-order valence-electron chi connectivity index (χ4n) is 2.56. The molecule has 1 N–H and O–H groups in total. The Labute approximate surface area is 126 Å². The fraction of sp³-hybridized carbons (Fsp3) is 0.0588. The molecule has 0 saturated heterocycles. The number of hydrogen-bond donors (Lipinski definition) is 1. The molecule has 0 amide bonds. The van der Waals surface area contributed by atoms with Gasteiger partial charge in [-0.3, -0.25) is 0 Å². The standard InChI is InChI=1S/C17H12N2O3/c20-17(21)12-4-5-15-11(8-12)3-6-16(22-15)14-9-13-2-1-7-19(13)10-18-14/h1-2,4-10H,3H2,(H,20,21). The van der Waals surface area contributed by atoms with E-state index >= 15 is 0 Å². The van der Waals surface area contributed by atoms with Gasteiger partial charge in [0.1, 0.15) is 17.2 Å². The van der Waals surface area contributed by atoms with Crippen LogP contribution in [0.15, 0.2) is 55.0 Å². The first kappa shape index (κ1) is 12.6. The Morgan fingerprint density at radius 3 is 3.05 bits per heavy atom. The first-order valence-corrected chi connectivity index (χ1v) is 6.88. The van der Waals surface area contributed by atoms with Gasteiger partial charge in [0.2, 0.25) is 0 Å². The molecule has 0 saturated carbocycles. The lowest BCUT2D eigenvalue weighted by Crippen LogP contribution is -2.07. The molecule has 1 aliphatic rings. The summed E-state index contributed by atoms with van der Waals surface area (Å²) in [6.07, 6.45) is 6.23. The van der Waals surface area contributed by atoms with E-state index in [2.05, 4.69) is 4.98 Å². The van der Waals surface area contributed by atoms with Gasteiger partial charge < -0.3 is 14.2 Å². The molecule has 5 heteroatoms. The van der Waals surface area contributed by atoms with Gasteiger partial charge in [-0.1, -0.05) is 0 Å². The predicted octanol–water partition coefficient (Wildman–Crippen LogP) is 3.01. The van der Waals surface area contributed by atoms with Crippen LogP contribution in [0.2, 0.25) is 0 Å². The predicted molar refractivity (Wildman–Crippen MR) is 80.9 cm³/mol. The molecule has 4 rings (SSSR count). The summed E-state index contributed by atoms with van der Waals surface area (Å²) in [6, 6.07) is 10.8. The molecule has 5 nitrogen and oxygen atoms in total. The van der Waals surface area contributed by atoms with Crippen LogP contribution in [-0.2, 0) is 6.42 Å². The van der Waals surface area contributed by atoms with Gasteiger partial charge in [-0.05, 0) is 54.5 Å². The average molecular weight is 292 g/mol. The highest BCUT2D eigenvalue weighted by atomic mass is 16.5. The minimum atomic E-state index is -0.932. The van der Waals surface area contributed by atoms with E-state index in [4.69, 9.17) is 9.84 Å². The molecule has 108 valence electrons. The van der Waals surface area contributed by atoms with Crippen LogP contribution in [0.3, 0.4) is 0 Å². The zero-order chi connectivity index (χ0) is 15.1. The molecule has 0 bridgehead atoms. The summed E-state index contributed by atoms with van der Waals surface area (Å²) in [6.45, 7) is 0. The van der Waals surface area contributed by atoms with Crippen LogP contribution in [0.1, 0.15) is 21.6 Å². The Hall–Kier alpha value is -3.08. The van der Waals surface area contributed by atoms with Crippen LogP contribution in [0, 0.1) is 0 Å². The Balaban J connectivity index is 1.69. The zero-order valence-electron chi connectivity index (χ0n) is 11.6. The van der Waals surface area contributed by atoms with Crippen LogP contribution in [0.5, 0.6) is 5.75 Å². The quantitative estimate of drug-likeness (QED) is 0.788. The number of allylic oxidation sites excluding steroid dienone is 1. The molecule has 2 aromatic heterocycles. The number of nitrogens with zero attached hydrogens (tertiary/aromatic N) is 2. The molecule has 0 atom stereocenters. The lowest BCUT2D eigenvalue weighted by molar-refractivity contribution is 0.0696. The van der Waals surface area contributed by atoms with E-state index in [1.807, 2.05) is 34.9 Å².